The molecule has 142 valence electrons. The third kappa shape index (κ3) is 4.96. The van der Waals surface area contributed by atoms with Crippen LogP contribution in [0, 0.1) is 11.8 Å². The second kappa shape index (κ2) is 8.84. The van der Waals surface area contributed by atoms with Crippen molar-refractivity contribution in [2.75, 3.05) is 32.6 Å². The van der Waals surface area contributed by atoms with Gasteiger partial charge in [-0.3, -0.25) is 0 Å². The molecule has 2 rings (SSSR count). The molecule has 0 amide bonds. The van der Waals surface area contributed by atoms with Crippen LogP contribution in [0.3, 0.4) is 0 Å². The number of piperidine rings is 1. The predicted octanol–water partition coefficient (Wildman–Crippen LogP) is 0.988. The van der Waals surface area contributed by atoms with E-state index in [1.165, 1.54) is 11.4 Å². The Labute approximate surface area is 154 Å². The van der Waals surface area contributed by atoms with Gasteiger partial charge in [-0.25, -0.2) is 12.7 Å². The van der Waals surface area contributed by atoms with Crippen molar-refractivity contribution in [3.8, 4) is 0 Å². The van der Waals surface area contributed by atoms with Gasteiger partial charge in [-0.2, -0.15) is 0 Å². The molecule has 3 N–H and O–H groups in total. The van der Waals surface area contributed by atoms with Gasteiger partial charge in [0.2, 0.25) is 10.0 Å². The second-order valence-electron chi connectivity index (χ2n) is 6.86. The minimum atomic E-state index is -3.27. The standard InChI is InChI=1S/C15H28Cl2N2O4S/c1-23-6-7-24(21,22)19-4-2-10(3-5-19)15(18)11-8-12(16)13(17)9-14(11)20/h10-15,20H,2-9,18H2,1H3/t11?,12?,13?,14?,15-/m1/s1. The fourth-order valence-electron chi connectivity index (χ4n) is 3.74. The highest BCUT2D eigenvalue weighted by Gasteiger charge is 2.41. The molecule has 0 aromatic carbocycles. The zero-order chi connectivity index (χ0) is 17.9. The molecule has 2 fully saturated rings. The number of alkyl halides is 2. The summed E-state index contributed by atoms with van der Waals surface area (Å²) in [5.41, 5.74) is 6.41. The van der Waals surface area contributed by atoms with Crippen LogP contribution in [0.4, 0.5) is 0 Å². The van der Waals surface area contributed by atoms with Gasteiger partial charge in [0, 0.05) is 32.2 Å². The van der Waals surface area contributed by atoms with Crippen molar-refractivity contribution in [2.24, 2.45) is 17.6 Å². The van der Waals surface area contributed by atoms with Crippen molar-refractivity contribution in [1.29, 1.82) is 0 Å². The van der Waals surface area contributed by atoms with Gasteiger partial charge in [-0.05, 0) is 31.6 Å². The van der Waals surface area contributed by atoms with Gasteiger partial charge in [0.05, 0.1) is 29.2 Å². The van der Waals surface area contributed by atoms with E-state index in [1.807, 2.05) is 0 Å². The van der Waals surface area contributed by atoms with Gasteiger partial charge < -0.3 is 15.6 Å². The number of ether oxygens (including phenoxy) is 1. The summed E-state index contributed by atoms with van der Waals surface area (Å²) in [6.45, 7) is 1.14. The van der Waals surface area contributed by atoms with Crippen LogP contribution in [0.5, 0.6) is 0 Å². The molecule has 0 bridgehead atoms. The van der Waals surface area contributed by atoms with E-state index in [-0.39, 0.29) is 41.0 Å². The molecule has 0 spiro atoms. The molecule has 1 heterocycles. The van der Waals surface area contributed by atoms with Crippen molar-refractivity contribution in [3.63, 3.8) is 0 Å². The molecule has 0 aromatic heterocycles. The number of hydrogen-bond acceptors (Lipinski definition) is 5. The average Bonchev–Trinajstić information content (AvgIpc) is 2.56. The number of halogens is 2. The first-order valence-electron chi connectivity index (χ1n) is 8.44. The van der Waals surface area contributed by atoms with E-state index in [0.29, 0.717) is 38.8 Å². The first kappa shape index (κ1) is 20.7. The maximum atomic E-state index is 12.2. The first-order chi connectivity index (χ1) is 11.3. The highest BCUT2D eigenvalue weighted by molar-refractivity contribution is 7.89. The number of nitrogens with two attached hydrogens (primary N) is 1. The lowest BCUT2D eigenvalue weighted by molar-refractivity contribution is 0.0399. The maximum Gasteiger partial charge on any atom is 0.216 e. The molecular formula is C15H28Cl2N2O4S. The van der Waals surface area contributed by atoms with Gasteiger partial charge in [-0.1, -0.05) is 0 Å². The Hall–Kier alpha value is 0.370. The summed E-state index contributed by atoms with van der Waals surface area (Å²) >= 11 is 12.4. The topological polar surface area (TPSA) is 92.9 Å². The van der Waals surface area contributed by atoms with Crippen LogP contribution in [0.15, 0.2) is 0 Å². The third-order valence-corrected chi connectivity index (χ3v) is 8.25. The van der Waals surface area contributed by atoms with Crippen molar-refractivity contribution in [3.05, 3.63) is 0 Å². The molecule has 0 radical (unpaired) electrons. The molecule has 0 aromatic rings. The first-order valence-corrected chi connectivity index (χ1v) is 10.9. The summed E-state index contributed by atoms with van der Waals surface area (Å²) in [7, 11) is -1.77. The summed E-state index contributed by atoms with van der Waals surface area (Å²) in [5, 5.41) is 9.89. The summed E-state index contributed by atoms with van der Waals surface area (Å²) in [6, 6.07) is -0.186. The van der Waals surface area contributed by atoms with Crippen molar-refractivity contribution < 1.29 is 18.3 Å². The Kier molecular flexibility index (Phi) is 7.62. The molecule has 24 heavy (non-hydrogen) atoms. The lowest BCUT2D eigenvalue weighted by Gasteiger charge is -2.42. The van der Waals surface area contributed by atoms with E-state index in [4.69, 9.17) is 33.7 Å². The number of rotatable bonds is 6. The molecule has 6 nitrogen and oxygen atoms in total. The minimum Gasteiger partial charge on any atom is -0.393 e. The molecule has 9 heteroatoms. The molecule has 1 saturated heterocycles. The summed E-state index contributed by atoms with van der Waals surface area (Å²) < 4.78 is 30.8. The van der Waals surface area contributed by atoms with E-state index < -0.39 is 16.1 Å². The number of methoxy groups -OCH3 is 1. The van der Waals surface area contributed by atoms with Crippen LogP contribution in [0.1, 0.15) is 25.7 Å². The second-order valence-corrected chi connectivity index (χ2v) is 10.1. The number of nitrogens with zero attached hydrogens (tertiary/aromatic N) is 1. The molecule has 1 aliphatic carbocycles. The lowest BCUT2D eigenvalue weighted by atomic mass is 9.74. The predicted molar refractivity (Wildman–Crippen MR) is 95.9 cm³/mol. The van der Waals surface area contributed by atoms with E-state index in [0.717, 1.165) is 0 Å². The normalized spacial score (nSPS) is 35.0. The SMILES string of the molecule is COCCS(=O)(=O)N1CCC([C@@H](N)C2CC(Cl)C(Cl)CC2O)CC1. The zero-order valence-electron chi connectivity index (χ0n) is 14.0. The smallest absolute Gasteiger partial charge is 0.216 e. The fraction of sp³-hybridized carbons (Fsp3) is 1.00. The van der Waals surface area contributed by atoms with Gasteiger partial charge in [0.25, 0.3) is 0 Å². The molecule has 1 aliphatic heterocycles. The van der Waals surface area contributed by atoms with E-state index >= 15 is 0 Å². The van der Waals surface area contributed by atoms with Gasteiger partial charge >= 0.3 is 0 Å². The van der Waals surface area contributed by atoms with Gasteiger partial charge in [-0.15, -0.1) is 23.2 Å². The summed E-state index contributed by atoms with van der Waals surface area (Å²) in [5.74, 6) is 0.116. The van der Waals surface area contributed by atoms with Crippen LogP contribution in [0.25, 0.3) is 0 Å². The molecule has 1 saturated carbocycles. The van der Waals surface area contributed by atoms with E-state index in [9.17, 15) is 13.5 Å². The molecule has 4 unspecified atom stereocenters. The highest BCUT2D eigenvalue weighted by atomic mass is 35.5. The number of aliphatic hydroxyl groups excluding tert-OH is 1. The largest absolute Gasteiger partial charge is 0.393 e. The number of hydrogen-bond donors (Lipinski definition) is 2. The van der Waals surface area contributed by atoms with Crippen LogP contribution in [-0.4, -0.2) is 73.3 Å². The fourth-order valence-corrected chi connectivity index (χ4v) is 5.73. The quantitative estimate of drug-likeness (QED) is 0.646. The van der Waals surface area contributed by atoms with Crippen LogP contribution in [0.2, 0.25) is 0 Å². The van der Waals surface area contributed by atoms with Crippen LogP contribution in [-0.2, 0) is 14.8 Å². The molecule has 5 atom stereocenters. The number of aliphatic hydroxyl groups is 1. The minimum absolute atomic E-state index is 0.00655. The molecular weight excluding hydrogens is 375 g/mol. The van der Waals surface area contributed by atoms with Gasteiger partial charge in [0.15, 0.2) is 0 Å². The highest BCUT2D eigenvalue weighted by Crippen LogP contribution is 2.37. The Morgan fingerprint density at radius 1 is 1.25 bits per heavy atom. The number of sulfonamides is 1. The third-order valence-electron chi connectivity index (χ3n) is 5.33. The van der Waals surface area contributed by atoms with Crippen LogP contribution >= 0.6 is 23.2 Å². The maximum absolute atomic E-state index is 12.2. The van der Waals surface area contributed by atoms with Gasteiger partial charge in [0.1, 0.15) is 0 Å². The Balaban J connectivity index is 1.89. The zero-order valence-corrected chi connectivity index (χ0v) is 16.3. The Morgan fingerprint density at radius 2 is 1.83 bits per heavy atom. The van der Waals surface area contributed by atoms with Crippen LogP contribution < -0.4 is 5.73 Å². The monoisotopic (exact) mass is 402 g/mol. The average molecular weight is 403 g/mol. The van der Waals surface area contributed by atoms with E-state index in [1.54, 1.807) is 0 Å². The summed E-state index contributed by atoms with van der Waals surface area (Å²) in [6.07, 6.45) is 1.92. The summed E-state index contributed by atoms with van der Waals surface area (Å²) in [4.78, 5) is 0. The van der Waals surface area contributed by atoms with Crippen molar-refractivity contribution in [1.82, 2.24) is 4.31 Å². The van der Waals surface area contributed by atoms with Crippen molar-refractivity contribution in [2.45, 2.75) is 48.6 Å². The molecule has 2 aliphatic rings. The Morgan fingerprint density at radius 3 is 2.42 bits per heavy atom. The van der Waals surface area contributed by atoms with E-state index in [2.05, 4.69) is 0 Å². The van der Waals surface area contributed by atoms with Crippen molar-refractivity contribution >= 4 is 33.2 Å². The Bertz CT molecular complexity index is 500. The lowest BCUT2D eigenvalue weighted by Crippen LogP contribution is -2.52.